The molecule has 0 spiro atoms. The van der Waals surface area contributed by atoms with Crippen LogP contribution in [0.3, 0.4) is 0 Å². The Bertz CT molecular complexity index is 544. The summed E-state index contributed by atoms with van der Waals surface area (Å²) in [5, 5.41) is 18.5. The van der Waals surface area contributed by atoms with Crippen LogP contribution in [0.4, 0.5) is 5.82 Å². The van der Waals surface area contributed by atoms with Crippen molar-refractivity contribution in [3.63, 3.8) is 0 Å². The highest BCUT2D eigenvalue weighted by molar-refractivity contribution is 9.10. The van der Waals surface area contributed by atoms with Gasteiger partial charge in [-0.2, -0.15) is 0 Å². The van der Waals surface area contributed by atoms with E-state index in [-0.39, 0.29) is 15.6 Å². The van der Waals surface area contributed by atoms with Gasteiger partial charge in [0.2, 0.25) is 0 Å². The lowest BCUT2D eigenvalue weighted by Gasteiger charge is -2.59. The van der Waals surface area contributed by atoms with Crippen molar-refractivity contribution in [2.24, 2.45) is 11.8 Å². The smallest absolute Gasteiger partial charge is 0.358 e. The molecule has 4 aliphatic carbocycles. The van der Waals surface area contributed by atoms with Gasteiger partial charge in [-0.25, -0.2) is 0 Å². The van der Waals surface area contributed by atoms with Gasteiger partial charge in [0.15, 0.2) is 10.9 Å². The molecule has 1 aromatic rings. The largest absolute Gasteiger partial charge is 0.438 e. The molecule has 0 radical (unpaired) electrons. The van der Waals surface area contributed by atoms with Crippen molar-refractivity contribution in [2.75, 3.05) is 0 Å². The van der Waals surface area contributed by atoms with E-state index in [1.54, 1.807) is 0 Å². The molecule has 0 unspecified atom stereocenters. The molecule has 7 heteroatoms. The molecular weight excluding hydrogens is 314 g/mol. The van der Waals surface area contributed by atoms with Gasteiger partial charge < -0.3 is 10.1 Å². The fourth-order valence-electron chi connectivity index (χ4n) is 5.07. The topological polar surface area (TPSA) is 82.1 Å². The van der Waals surface area contributed by atoms with E-state index in [0.717, 1.165) is 19.3 Å². The van der Waals surface area contributed by atoms with E-state index in [9.17, 15) is 10.1 Å². The molecule has 0 saturated heterocycles. The van der Waals surface area contributed by atoms with Crippen LogP contribution in [-0.2, 0) is 5.41 Å². The quantitative estimate of drug-likeness (QED) is 0.473. The highest BCUT2D eigenvalue weighted by Crippen LogP contribution is 2.65. The second kappa shape index (κ2) is 3.56. The predicted octanol–water partition coefficient (Wildman–Crippen LogP) is 2.96. The van der Waals surface area contributed by atoms with Gasteiger partial charge in [-0.3, -0.25) is 0 Å². The van der Waals surface area contributed by atoms with E-state index in [0.29, 0.717) is 17.5 Å². The number of hydrogen-bond acceptors (Lipinski definition) is 5. The van der Waals surface area contributed by atoms with E-state index in [1.165, 1.54) is 19.3 Å². The molecule has 2 atom stereocenters. The lowest BCUT2D eigenvalue weighted by atomic mass is 9.48. The Morgan fingerprint density at radius 1 is 1.26 bits per heavy atom. The molecule has 1 heterocycles. The molecule has 19 heavy (non-hydrogen) atoms. The predicted molar refractivity (Wildman–Crippen MR) is 69.0 cm³/mol. The summed E-state index contributed by atoms with van der Waals surface area (Å²) in [6.07, 6.45) is 6.53. The van der Waals surface area contributed by atoms with Crippen molar-refractivity contribution >= 4 is 21.7 Å². The summed E-state index contributed by atoms with van der Waals surface area (Å²) in [4.78, 5) is 10.6. The van der Waals surface area contributed by atoms with Crippen molar-refractivity contribution in [1.29, 1.82) is 0 Å². The molecular formula is C12H14BrN3O3. The Balaban J connectivity index is 1.81. The molecule has 0 aromatic carbocycles. The minimum Gasteiger partial charge on any atom is -0.358 e. The van der Waals surface area contributed by atoms with Gasteiger partial charge in [-0.05, 0) is 60.4 Å². The number of rotatable bonds is 2. The van der Waals surface area contributed by atoms with Gasteiger partial charge in [-0.15, -0.1) is 4.63 Å². The van der Waals surface area contributed by atoms with Crippen molar-refractivity contribution in [2.45, 2.75) is 48.3 Å². The summed E-state index contributed by atoms with van der Waals surface area (Å²) in [5.41, 5.74) is 0.283. The van der Waals surface area contributed by atoms with Crippen LogP contribution in [0.1, 0.15) is 44.2 Å². The summed E-state index contributed by atoms with van der Waals surface area (Å²) in [7, 11) is 0. The molecule has 5 rings (SSSR count). The average molecular weight is 328 g/mol. The highest BCUT2D eigenvalue weighted by Gasteiger charge is 2.60. The van der Waals surface area contributed by atoms with Crippen molar-refractivity contribution in [3.05, 3.63) is 15.8 Å². The van der Waals surface area contributed by atoms with Crippen LogP contribution in [0.5, 0.6) is 0 Å². The third-order valence-corrected chi connectivity index (χ3v) is 6.06. The number of alkyl halides is 1. The van der Waals surface area contributed by atoms with Crippen LogP contribution in [-0.4, -0.2) is 19.6 Å². The highest BCUT2D eigenvalue weighted by atomic mass is 79.9. The maximum Gasteiger partial charge on any atom is 0.438 e. The molecule has 4 fully saturated rings. The number of nitro groups is 1. The Kier molecular flexibility index (Phi) is 2.21. The molecule has 4 aliphatic rings. The first-order valence-corrected chi connectivity index (χ1v) is 7.45. The SMILES string of the molecule is O=[N+]([O-])c1nonc1C12C[C@H]3C[C@@H](CC(Br)(C3)C1)C2. The summed E-state index contributed by atoms with van der Waals surface area (Å²) in [6, 6.07) is 0. The number of aromatic nitrogens is 2. The number of nitrogens with zero attached hydrogens (tertiary/aromatic N) is 3. The van der Waals surface area contributed by atoms with Crippen molar-refractivity contribution in [1.82, 2.24) is 10.3 Å². The molecule has 6 nitrogen and oxygen atoms in total. The van der Waals surface area contributed by atoms with Gasteiger partial charge in [0.1, 0.15) is 0 Å². The van der Waals surface area contributed by atoms with Crippen LogP contribution in [0.2, 0.25) is 0 Å². The third-order valence-electron chi connectivity index (χ3n) is 5.14. The maximum absolute atomic E-state index is 11.1. The Morgan fingerprint density at radius 2 is 1.95 bits per heavy atom. The first-order valence-electron chi connectivity index (χ1n) is 6.66. The Morgan fingerprint density at radius 3 is 2.53 bits per heavy atom. The van der Waals surface area contributed by atoms with E-state index in [4.69, 9.17) is 0 Å². The second-order valence-electron chi connectivity index (χ2n) is 6.59. The first kappa shape index (κ1) is 11.8. The van der Waals surface area contributed by atoms with E-state index < -0.39 is 4.92 Å². The minimum atomic E-state index is -0.467. The summed E-state index contributed by atoms with van der Waals surface area (Å²) >= 11 is 3.89. The lowest BCUT2D eigenvalue weighted by molar-refractivity contribution is -0.392. The van der Waals surface area contributed by atoms with Gasteiger partial charge in [0.25, 0.3) is 0 Å². The molecule has 102 valence electrons. The minimum absolute atomic E-state index is 0.143. The molecule has 0 N–H and O–H groups in total. The van der Waals surface area contributed by atoms with E-state index in [2.05, 4.69) is 30.9 Å². The monoisotopic (exact) mass is 327 g/mol. The van der Waals surface area contributed by atoms with Gasteiger partial charge in [-0.1, -0.05) is 15.9 Å². The van der Waals surface area contributed by atoms with Gasteiger partial charge in [0.05, 0.1) is 0 Å². The standard InChI is InChI=1S/C12H14BrN3O3/c13-12-4-7-1-8(5-12)3-11(2-7,6-12)9-10(16(17)18)15-19-14-9/h7-8H,1-6H2/t7-,8-,11?,12?/m1/s1. The molecule has 4 bridgehead atoms. The normalized spacial score (nSPS) is 43.6. The fourth-order valence-corrected chi connectivity index (χ4v) is 6.52. The van der Waals surface area contributed by atoms with Crippen LogP contribution < -0.4 is 0 Å². The Hall–Kier alpha value is -0.980. The van der Waals surface area contributed by atoms with Gasteiger partial charge >= 0.3 is 5.82 Å². The third kappa shape index (κ3) is 1.60. The zero-order valence-electron chi connectivity index (χ0n) is 10.3. The van der Waals surface area contributed by atoms with Crippen LogP contribution in [0.15, 0.2) is 4.63 Å². The average Bonchev–Trinajstić information content (AvgIpc) is 2.74. The van der Waals surface area contributed by atoms with E-state index >= 15 is 0 Å². The van der Waals surface area contributed by atoms with Gasteiger partial charge in [0, 0.05) is 9.74 Å². The summed E-state index contributed by atoms with van der Waals surface area (Å²) in [5.74, 6) is 1.12. The van der Waals surface area contributed by atoms with Crippen molar-refractivity contribution < 1.29 is 9.55 Å². The lowest BCUT2D eigenvalue weighted by Crippen LogP contribution is -2.55. The van der Waals surface area contributed by atoms with Crippen LogP contribution in [0, 0.1) is 22.0 Å². The Labute approximate surface area is 118 Å². The van der Waals surface area contributed by atoms with E-state index in [1.807, 2.05) is 0 Å². The number of halogens is 1. The molecule has 4 saturated carbocycles. The molecule has 0 amide bonds. The number of hydrogen-bond donors (Lipinski definition) is 0. The van der Waals surface area contributed by atoms with Crippen molar-refractivity contribution in [3.8, 4) is 0 Å². The molecule has 1 aromatic heterocycles. The summed E-state index contributed by atoms with van der Waals surface area (Å²) < 4.78 is 4.82. The summed E-state index contributed by atoms with van der Waals surface area (Å²) in [6.45, 7) is 0. The zero-order valence-corrected chi connectivity index (χ0v) is 11.9. The zero-order chi connectivity index (χ0) is 13.3. The molecule has 0 aliphatic heterocycles. The fraction of sp³-hybridized carbons (Fsp3) is 0.833. The second-order valence-corrected chi connectivity index (χ2v) is 8.27. The maximum atomic E-state index is 11.1. The van der Waals surface area contributed by atoms with Crippen LogP contribution >= 0.6 is 15.9 Å². The first-order chi connectivity index (χ1) is 9.00. The van der Waals surface area contributed by atoms with Crippen LogP contribution in [0.25, 0.3) is 0 Å².